The fraction of sp³-hybridized carbons (Fsp3) is 1.00. The van der Waals surface area contributed by atoms with Gasteiger partial charge in [0.15, 0.2) is 0 Å². The number of hydrogen-bond acceptors (Lipinski definition) is 4. The van der Waals surface area contributed by atoms with E-state index in [1.165, 1.54) is 19.3 Å². The smallest absolute Gasteiger partial charge is 0.0558 e. The van der Waals surface area contributed by atoms with Gasteiger partial charge in [0.2, 0.25) is 0 Å². The molecule has 1 rings (SSSR count). The standard InChI is InChI=1S/C10H22N2O2/c13-7-5-12(6-8-14)10-3-1-2-4-11-9-10/h10-11,13-14H,1-9H2. The summed E-state index contributed by atoms with van der Waals surface area (Å²) in [4.78, 5) is 2.18. The summed E-state index contributed by atoms with van der Waals surface area (Å²) in [6, 6.07) is 0.483. The maximum absolute atomic E-state index is 8.92. The summed E-state index contributed by atoms with van der Waals surface area (Å²) in [6.45, 7) is 3.79. The average molecular weight is 202 g/mol. The van der Waals surface area contributed by atoms with E-state index in [1.807, 2.05) is 0 Å². The lowest BCUT2D eigenvalue weighted by Gasteiger charge is -2.29. The van der Waals surface area contributed by atoms with Gasteiger partial charge in [0.25, 0.3) is 0 Å². The molecule has 1 heterocycles. The van der Waals surface area contributed by atoms with Crippen LogP contribution >= 0.6 is 0 Å². The average Bonchev–Trinajstić information content (AvgIpc) is 2.45. The summed E-state index contributed by atoms with van der Waals surface area (Å²) >= 11 is 0. The summed E-state index contributed by atoms with van der Waals surface area (Å²) in [5.74, 6) is 0. The van der Waals surface area contributed by atoms with Gasteiger partial charge in [-0.1, -0.05) is 6.42 Å². The van der Waals surface area contributed by atoms with E-state index < -0.39 is 0 Å². The molecule has 4 nitrogen and oxygen atoms in total. The first-order valence-corrected chi connectivity index (χ1v) is 5.55. The predicted octanol–water partition coefficient (Wildman–Crippen LogP) is -0.585. The molecule has 84 valence electrons. The Hall–Kier alpha value is -0.160. The third kappa shape index (κ3) is 3.92. The first kappa shape index (κ1) is 11.9. The van der Waals surface area contributed by atoms with Gasteiger partial charge < -0.3 is 15.5 Å². The number of nitrogens with zero attached hydrogens (tertiary/aromatic N) is 1. The highest BCUT2D eigenvalue weighted by Crippen LogP contribution is 2.10. The number of aliphatic hydroxyl groups excluding tert-OH is 2. The van der Waals surface area contributed by atoms with Crippen molar-refractivity contribution in [2.24, 2.45) is 0 Å². The predicted molar refractivity (Wildman–Crippen MR) is 56.3 cm³/mol. The molecule has 14 heavy (non-hydrogen) atoms. The van der Waals surface area contributed by atoms with Crippen LogP contribution in [-0.4, -0.2) is 60.5 Å². The lowest BCUT2D eigenvalue weighted by molar-refractivity contribution is 0.118. The summed E-state index contributed by atoms with van der Waals surface area (Å²) in [5, 5.41) is 21.2. The molecular weight excluding hydrogens is 180 g/mol. The molecule has 1 saturated heterocycles. The van der Waals surface area contributed by atoms with Gasteiger partial charge in [0.1, 0.15) is 0 Å². The van der Waals surface area contributed by atoms with Crippen LogP contribution in [0.4, 0.5) is 0 Å². The van der Waals surface area contributed by atoms with E-state index in [9.17, 15) is 0 Å². The zero-order chi connectivity index (χ0) is 10.2. The third-order valence-electron chi connectivity index (χ3n) is 2.81. The van der Waals surface area contributed by atoms with Gasteiger partial charge in [-0.05, 0) is 19.4 Å². The van der Waals surface area contributed by atoms with Gasteiger partial charge >= 0.3 is 0 Å². The van der Waals surface area contributed by atoms with Gasteiger partial charge in [-0.15, -0.1) is 0 Å². The molecule has 3 N–H and O–H groups in total. The van der Waals surface area contributed by atoms with Crippen molar-refractivity contribution in [3.8, 4) is 0 Å². The SMILES string of the molecule is OCCN(CCO)C1CCCCNC1. The van der Waals surface area contributed by atoms with Gasteiger partial charge in [0, 0.05) is 25.7 Å². The van der Waals surface area contributed by atoms with E-state index in [0.29, 0.717) is 19.1 Å². The Morgan fingerprint density at radius 3 is 2.50 bits per heavy atom. The Balaban J connectivity index is 2.38. The molecule has 0 spiro atoms. The summed E-state index contributed by atoms with van der Waals surface area (Å²) in [6.07, 6.45) is 3.65. The molecule has 1 unspecified atom stereocenters. The second-order valence-electron chi connectivity index (χ2n) is 3.84. The first-order valence-electron chi connectivity index (χ1n) is 5.55. The topological polar surface area (TPSA) is 55.7 Å². The van der Waals surface area contributed by atoms with Crippen LogP contribution in [0.25, 0.3) is 0 Å². The quantitative estimate of drug-likeness (QED) is 0.558. The fourth-order valence-corrected chi connectivity index (χ4v) is 2.05. The van der Waals surface area contributed by atoms with Crippen molar-refractivity contribution in [2.75, 3.05) is 39.4 Å². The zero-order valence-electron chi connectivity index (χ0n) is 8.78. The van der Waals surface area contributed by atoms with Crippen molar-refractivity contribution in [1.29, 1.82) is 0 Å². The van der Waals surface area contributed by atoms with E-state index in [4.69, 9.17) is 10.2 Å². The van der Waals surface area contributed by atoms with Crippen LogP contribution in [0.3, 0.4) is 0 Å². The maximum Gasteiger partial charge on any atom is 0.0558 e. The minimum Gasteiger partial charge on any atom is -0.395 e. The Morgan fingerprint density at radius 1 is 1.14 bits per heavy atom. The van der Waals surface area contributed by atoms with E-state index in [0.717, 1.165) is 13.1 Å². The number of nitrogens with one attached hydrogen (secondary N) is 1. The molecule has 4 heteroatoms. The molecule has 0 aliphatic carbocycles. The minimum atomic E-state index is 0.177. The number of rotatable bonds is 5. The molecule has 1 aliphatic rings. The normalized spacial score (nSPS) is 23.8. The van der Waals surface area contributed by atoms with Crippen LogP contribution in [0.5, 0.6) is 0 Å². The fourth-order valence-electron chi connectivity index (χ4n) is 2.05. The van der Waals surface area contributed by atoms with Crippen molar-refractivity contribution in [1.82, 2.24) is 10.2 Å². The maximum atomic E-state index is 8.92. The van der Waals surface area contributed by atoms with E-state index in [-0.39, 0.29) is 13.2 Å². The highest BCUT2D eigenvalue weighted by Gasteiger charge is 2.18. The molecule has 0 bridgehead atoms. The zero-order valence-corrected chi connectivity index (χ0v) is 8.78. The van der Waals surface area contributed by atoms with Crippen molar-refractivity contribution >= 4 is 0 Å². The molecule has 0 amide bonds. The minimum absolute atomic E-state index is 0.177. The van der Waals surface area contributed by atoms with Crippen LogP contribution in [0.1, 0.15) is 19.3 Å². The Bertz CT molecular complexity index is 130. The van der Waals surface area contributed by atoms with Gasteiger partial charge in [-0.2, -0.15) is 0 Å². The molecule has 0 aromatic heterocycles. The highest BCUT2D eigenvalue weighted by molar-refractivity contribution is 4.76. The van der Waals surface area contributed by atoms with Gasteiger partial charge in [-0.25, -0.2) is 0 Å². The third-order valence-corrected chi connectivity index (χ3v) is 2.81. The van der Waals surface area contributed by atoms with Gasteiger partial charge in [0.05, 0.1) is 13.2 Å². The van der Waals surface area contributed by atoms with E-state index in [1.54, 1.807) is 0 Å². The Labute approximate surface area is 85.9 Å². The monoisotopic (exact) mass is 202 g/mol. The molecule has 0 radical (unpaired) electrons. The van der Waals surface area contributed by atoms with Crippen molar-refractivity contribution in [3.05, 3.63) is 0 Å². The van der Waals surface area contributed by atoms with E-state index >= 15 is 0 Å². The van der Waals surface area contributed by atoms with Crippen molar-refractivity contribution < 1.29 is 10.2 Å². The summed E-state index contributed by atoms with van der Waals surface area (Å²) in [7, 11) is 0. The molecule has 0 saturated carbocycles. The molecule has 1 fully saturated rings. The Kier molecular flexibility index (Phi) is 6.10. The van der Waals surface area contributed by atoms with Gasteiger partial charge in [-0.3, -0.25) is 4.90 Å². The van der Waals surface area contributed by atoms with Crippen LogP contribution in [0.2, 0.25) is 0 Å². The van der Waals surface area contributed by atoms with Crippen LogP contribution < -0.4 is 5.32 Å². The van der Waals surface area contributed by atoms with Crippen LogP contribution in [-0.2, 0) is 0 Å². The molecule has 0 aromatic rings. The van der Waals surface area contributed by atoms with Crippen molar-refractivity contribution in [2.45, 2.75) is 25.3 Å². The number of aliphatic hydroxyl groups is 2. The molecule has 0 aromatic carbocycles. The van der Waals surface area contributed by atoms with E-state index in [2.05, 4.69) is 10.2 Å². The molecule has 1 aliphatic heterocycles. The van der Waals surface area contributed by atoms with Crippen molar-refractivity contribution in [3.63, 3.8) is 0 Å². The largest absolute Gasteiger partial charge is 0.395 e. The second-order valence-corrected chi connectivity index (χ2v) is 3.84. The number of hydrogen-bond donors (Lipinski definition) is 3. The summed E-state index contributed by atoms with van der Waals surface area (Å²) < 4.78 is 0. The first-order chi connectivity index (χ1) is 6.88. The highest BCUT2D eigenvalue weighted by atomic mass is 16.3. The molecule has 1 atom stereocenters. The molecular formula is C10H22N2O2. The van der Waals surface area contributed by atoms with Crippen LogP contribution in [0, 0.1) is 0 Å². The Morgan fingerprint density at radius 2 is 1.86 bits per heavy atom. The lowest BCUT2D eigenvalue weighted by atomic mass is 10.1. The summed E-state index contributed by atoms with van der Waals surface area (Å²) in [5.41, 5.74) is 0. The lowest BCUT2D eigenvalue weighted by Crippen LogP contribution is -2.44. The second kappa shape index (κ2) is 7.17. The van der Waals surface area contributed by atoms with Crippen LogP contribution in [0.15, 0.2) is 0 Å².